The molecule has 0 amide bonds. The van der Waals surface area contributed by atoms with Crippen LogP contribution >= 0.6 is 0 Å². The number of rotatable bonds is 3. The third-order valence-corrected chi connectivity index (χ3v) is 3.35. The quantitative estimate of drug-likeness (QED) is 0.791. The first-order chi connectivity index (χ1) is 9.70. The molecule has 20 heavy (non-hydrogen) atoms. The summed E-state index contributed by atoms with van der Waals surface area (Å²) in [6.07, 6.45) is 3.43. The van der Waals surface area contributed by atoms with Crippen LogP contribution in [0.3, 0.4) is 0 Å². The lowest BCUT2D eigenvalue weighted by Gasteiger charge is -2.12. The summed E-state index contributed by atoms with van der Waals surface area (Å²) in [4.78, 5) is 4.75. The standard InChI is InChI=1S/C15H17N5/c1-10(2)20-14-4-3-11(8-16)7-13(14)19-15(20)12-5-6-17-18-9-12/h3-7,9-10H,8,16H2,1-2H3. The van der Waals surface area contributed by atoms with Crippen molar-refractivity contribution in [2.24, 2.45) is 5.73 Å². The van der Waals surface area contributed by atoms with E-state index in [1.54, 1.807) is 12.4 Å². The number of hydrogen-bond donors (Lipinski definition) is 1. The summed E-state index contributed by atoms with van der Waals surface area (Å²) in [7, 11) is 0. The average Bonchev–Trinajstić information content (AvgIpc) is 2.86. The number of imidazole rings is 1. The third kappa shape index (κ3) is 2.06. The van der Waals surface area contributed by atoms with Gasteiger partial charge in [-0.05, 0) is 37.6 Å². The topological polar surface area (TPSA) is 69.6 Å². The molecule has 0 unspecified atom stereocenters. The van der Waals surface area contributed by atoms with Crippen LogP contribution in [0, 0.1) is 0 Å². The van der Waals surface area contributed by atoms with Crippen LogP contribution in [0.5, 0.6) is 0 Å². The molecular formula is C15H17N5. The van der Waals surface area contributed by atoms with Gasteiger partial charge in [-0.25, -0.2) is 4.98 Å². The minimum absolute atomic E-state index is 0.312. The van der Waals surface area contributed by atoms with Gasteiger partial charge >= 0.3 is 0 Å². The summed E-state index contributed by atoms with van der Waals surface area (Å²) in [5.41, 5.74) is 9.84. The molecule has 0 saturated carbocycles. The van der Waals surface area contributed by atoms with Gasteiger partial charge in [-0.2, -0.15) is 10.2 Å². The van der Waals surface area contributed by atoms with Crippen LogP contribution in [0.4, 0.5) is 0 Å². The van der Waals surface area contributed by atoms with Gasteiger partial charge in [0.25, 0.3) is 0 Å². The molecule has 0 aliphatic rings. The molecule has 0 atom stereocenters. The Kier molecular flexibility index (Phi) is 3.20. The van der Waals surface area contributed by atoms with E-state index in [1.165, 1.54) is 0 Å². The Morgan fingerprint density at radius 2 is 2.05 bits per heavy atom. The Bertz CT molecular complexity index is 731. The summed E-state index contributed by atoms with van der Waals surface area (Å²) >= 11 is 0. The van der Waals surface area contributed by atoms with Crippen LogP contribution < -0.4 is 5.73 Å². The van der Waals surface area contributed by atoms with Crippen molar-refractivity contribution in [3.8, 4) is 11.4 Å². The molecule has 5 heteroatoms. The summed E-state index contributed by atoms with van der Waals surface area (Å²) in [5, 5.41) is 7.77. The van der Waals surface area contributed by atoms with Gasteiger partial charge in [-0.3, -0.25) is 0 Å². The van der Waals surface area contributed by atoms with Gasteiger partial charge < -0.3 is 10.3 Å². The summed E-state index contributed by atoms with van der Waals surface area (Å²) in [5.74, 6) is 0.916. The molecule has 3 aromatic rings. The van der Waals surface area contributed by atoms with Crippen LogP contribution in [-0.4, -0.2) is 19.7 Å². The van der Waals surface area contributed by atoms with Crippen molar-refractivity contribution in [3.05, 3.63) is 42.2 Å². The fourth-order valence-electron chi connectivity index (χ4n) is 2.42. The molecule has 0 spiro atoms. The minimum atomic E-state index is 0.312. The molecular weight excluding hydrogens is 250 g/mol. The van der Waals surface area contributed by atoms with E-state index >= 15 is 0 Å². The van der Waals surface area contributed by atoms with E-state index in [4.69, 9.17) is 10.7 Å². The third-order valence-electron chi connectivity index (χ3n) is 3.35. The van der Waals surface area contributed by atoms with Gasteiger partial charge in [0.1, 0.15) is 5.82 Å². The van der Waals surface area contributed by atoms with Gasteiger partial charge in [-0.15, -0.1) is 0 Å². The maximum atomic E-state index is 5.70. The Labute approximate surface area is 117 Å². The maximum Gasteiger partial charge on any atom is 0.143 e. The van der Waals surface area contributed by atoms with Crippen molar-refractivity contribution in [1.29, 1.82) is 0 Å². The van der Waals surface area contributed by atoms with Crippen molar-refractivity contribution in [2.75, 3.05) is 0 Å². The van der Waals surface area contributed by atoms with Crippen molar-refractivity contribution in [3.63, 3.8) is 0 Å². The molecule has 2 N–H and O–H groups in total. The summed E-state index contributed by atoms with van der Waals surface area (Å²) in [6, 6.07) is 8.43. The second-order valence-electron chi connectivity index (χ2n) is 5.06. The second kappa shape index (κ2) is 5.02. The number of nitrogens with zero attached hydrogens (tertiary/aromatic N) is 4. The van der Waals surface area contributed by atoms with Crippen molar-refractivity contribution < 1.29 is 0 Å². The lowest BCUT2D eigenvalue weighted by molar-refractivity contribution is 0.624. The van der Waals surface area contributed by atoms with Gasteiger partial charge in [0.15, 0.2) is 0 Å². The lowest BCUT2D eigenvalue weighted by Crippen LogP contribution is -2.03. The molecule has 2 heterocycles. The molecule has 0 radical (unpaired) electrons. The zero-order chi connectivity index (χ0) is 14.1. The molecule has 3 rings (SSSR count). The molecule has 0 fully saturated rings. The number of benzene rings is 1. The lowest BCUT2D eigenvalue weighted by atomic mass is 10.2. The second-order valence-corrected chi connectivity index (χ2v) is 5.06. The summed E-state index contributed by atoms with van der Waals surface area (Å²) in [6.45, 7) is 4.82. The fourth-order valence-corrected chi connectivity index (χ4v) is 2.42. The van der Waals surface area contributed by atoms with E-state index in [2.05, 4.69) is 40.7 Å². The zero-order valence-corrected chi connectivity index (χ0v) is 11.6. The van der Waals surface area contributed by atoms with Gasteiger partial charge in [-0.1, -0.05) is 6.07 Å². The molecule has 0 bridgehead atoms. The van der Waals surface area contributed by atoms with E-state index in [-0.39, 0.29) is 0 Å². The SMILES string of the molecule is CC(C)n1c(-c2ccnnc2)nc2cc(CN)ccc21. The molecule has 102 valence electrons. The smallest absolute Gasteiger partial charge is 0.143 e. The van der Waals surface area contributed by atoms with Gasteiger partial charge in [0.2, 0.25) is 0 Å². The number of fused-ring (bicyclic) bond motifs is 1. The molecule has 5 nitrogen and oxygen atoms in total. The average molecular weight is 267 g/mol. The predicted octanol–water partition coefficient (Wildman–Crippen LogP) is 2.53. The molecule has 0 saturated heterocycles. The van der Waals surface area contributed by atoms with E-state index < -0.39 is 0 Å². The van der Waals surface area contributed by atoms with Crippen molar-refractivity contribution in [2.45, 2.75) is 26.4 Å². The van der Waals surface area contributed by atoms with E-state index in [0.29, 0.717) is 12.6 Å². The molecule has 2 aromatic heterocycles. The Balaban J connectivity index is 2.28. The Morgan fingerprint density at radius 3 is 2.70 bits per heavy atom. The first-order valence-electron chi connectivity index (χ1n) is 6.68. The summed E-state index contributed by atoms with van der Waals surface area (Å²) < 4.78 is 2.21. The highest BCUT2D eigenvalue weighted by Gasteiger charge is 2.15. The zero-order valence-electron chi connectivity index (χ0n) is 11.6. The first kappa shape index (κ1) is 12.7. The fraction of sp³-hybridized carbons (Fsp3) is 0.267. The normalized spacial score (nSPS) is 11.4. The monoisotopic (exact) mass is 267 g/mol. The number of nitrogens with two attached hydrogens (primary N) is 1. The Morgan fingerprint density at radius 1 is 1.20 bits per heavy atom. The largest absolute Gasteiger partial charge is 0.326 e. The minimum Gasteiger partial charge on any atom is -0.326 e. The highest BCUT2D eigenvalue weighted by atomic mass is 15.1. The maximum absolute atomic E-state index is 5.70. The number of hydrogen-bond acceptors (Lipinski definition) is 4. The van der Waals surface area contributed by atoms with Crippen LogP contribution in [-0.2, 0) is 6.54 Å². The van der Waals surface area contributed by atoms with Gasteiger partial charge in [0, 0.05) is 18.2 Å². The van der Waals surface area contributed by atoms with E-state index in [9.17, 15) is 0 Å². The number of aromatic nitrogens is 4. The molecule has 0 aliphatic carbocycles. The van der Waals surface area contributed by atoms with Crippen LogP contribution in [0.15, 0.2) is 36.7 Å². The highest BCUT2D eigenvalue weighted by Crippen LogP contribution is 2.28. The van der Waals surface area contributed by atoms with Crippen LogP contribution in [0.2, 0.25) is 0 Å². The van der Waals surface area contributed by atoms with Crippen molar-refractivity contribution >= 4 is 11.0 Å². The Hall–Kier alpha value is -2.27. The van der Waals surface area contributed by atoms with Gasteiger partial charge in [0.05, 0.1) is 23.4 Å². The molecule has 0 aliphatic heterocycles. The van der Waals surface area contributed by atoms with E-state index in [1.807, 2.05) is 12.1 Å². The first-order valence-corrected chi connectivity index (χ1v) is 6.68. The van der Waals surface area contributed by atoms with Crippen LogP contribution in [0.1, 0.15) is 25.5 Å². The highest BCUT2D eigenvalue weighted by molar-refractivity contribution is 5.81. The van der Waals surface area contributed by atoms with Crippen LogP contribution in [0.25, 0.3) is 22.4 Å². The molecule has 1 aromatic carbocycles. The predicted molar refractivity (Wildman–Crippen MR) is 79.0 cm³/mol. The van der Waals surface area contributed by atoms with E-state index in [0.717, 1.165) is 28.0 Å². The van der Waals surface area contributed by atoms with Crippen molar-refractivity contribution in [1.82, 2.24) is 19.7 Å².